The number of aromatic nitrogens is 2. The highest BCUT2D eigenvalue weighted by atomic mass is 15.3. The molecule has 1 atom stereocenters. The van der Waals surface area contributed by atoms with Crippen LogP contribution in [0.2, 0.25) is 0 Å². The lowest BCUT2D eigenvalue weighted by Crippen LogP contribution is -2.31. The van der Waals surface area contributed by atoms with Crippen LogP contribution >= 0.6 is 0 Å². The van der Waals surface area contributed by atoms with Gasteiger partial charge in [0, 0.05) is 7.05 Å². The second-order valence-electron chi connectivity index (χ2n) is 4.29. The van der Waals surface area contributed by atoms with Crippen molar-refractivity contribution in [3.05, 3.63) is 17.5 Å². The molecule has 3 nitrogen and oxygen atoms in total. The molecule has 1 aliphatic rings. The van der Waals surface area contributed by atoms with Crippen LogP contribution < -0.4 is 5.32 Å². The summed E-state index contributed by atoms with van der Waals surface area (Å²) in [4.78, 5) is 0. The first-order chi connectivity index (χ1) is 6.72. The van der Waals surface area contributed by atoms with Gasteiger partial charge in [-0.2, -0.15) is 5.10 Å². The van der Waals surface area contributed by atoms with Gasteiger partial charge in [-0.05, 0) is 38.8 Å². The normalized spacial score (nSPS) is 19.4. The van der Waals surface area contributed by atoms with Crippen molar-refractivity contribution in [2.24, 2.45) is 13.0 Å². The van der Waals surface area contributed by atoms with Crippen LogP contribution in [0.4, 0.5) is 0 Å². The molecule has 1 unspecified atom stereocenters. The third-order valence-electron chi connectivity index (χ3n) is 3.29. The van der Waals surface area contributed by atoms with Crippen molar-refractivity contribution in [3.8, 4) is 0 Å². The summed E-state index contributed by atoms with van der Waals surface area (Å²) in [6.07, 6.45) is 4.10. The highest BCUT2D eigenvalue weighted by Gasteiger charge is 2.29. The smallest absolute Gasteiger partial charge is 0.0597 e. The van der Waals surface area contributed by atoms with E-state index in [-0.39, 0.29) is 0 Å². The minimum absolute atomic E-state index is 0.495. The summed E-state index contributed by atoms with van der Waals surface area (Å²) < 4.78 is 2.01. The Kier molecular flexibility index (Phi) is 2.59. The van der Waals surface area contributed by atoms with Crippen LogP contribution in [0.25, 0.3) is 0 Å². The zero-order chi connectivity index (χ0) is 10.1. The standard InChI is InChI=1S/C11H19N3/c1-8-7-10(14(3)13-8)11(12-2)9-5-4-6-9/h7,9,11-12H,4-6H2,1-3H3. The van der Waals surface area contributed by atoms with Crippen LogP contribution in [0.1, 0.15) is 36.7 Å². The predicted molar refractivity (Wildman–Crippen MR) is 57.1 cm³/mol. The van der Waals surface area contributed by atoms with Gasteiger partial charge < -0.3 is 5.32 Å². The van der Waals surface area contributed by atoms with Crippen molar-refractivity contribution in [3.63, 3.8) is 0 Å². The number of hydrogen-bond acceptors (Lipinski definition) is 2. The number of nitrogens with zero attached hydrogens (tertiary/aromatic N) is 2. The van der Waals surface area contributed by atoms with E-state index < -0.39 is 0 Å². The van der Waals surface area contributed by atoms with Crippen molar-refractivity contribution in [2.75, 3.05) is 7.05 Å². The summed E-state index contributed by atoms with van der Waals surface area (Å²) in [7, 11) is 4.08. The molecule has 0 radical (unpaired) electrons. The Bertz CT molecular complexity index is 312. The second-order valence-corrected chi connectivity index (χ2v) is 4.29. The fourth-order valence-electron chi connectivity index (χ4n) is 2.32. The minimum Gasteiger partial charge on any atom is -0.311 e. The van der Waals surface area contributed by atoms with E-state index in [0.717, 1.165) is 11.6 Å². The summed E-state index contributed by atoms with van der Waals surface area (Å²) in [5.74, 6) is 0.815. The largest absolute Gasteiger partial charge is 0.311 e. The molecule has 1 heterocycles. The zero-order valence-corrected chi connectivity index (χ0v) is 9.25. The fraction of sp³-hybridized carbons (Fsp3) is 0.727. The van der Waals surface area contributed by atoms with E-state index in [1.165, 1.54) is 25.0 Å². The Balaban J connectivity index is 2.21. The predicted octanol–water partition coefficient (Wildman–Crippen LogP) is 1.79. The molecule has 1 aliphatic carbocycles. The van der Waals surface area contributed by atoms with E-state index in [4.69, 9.17) is 0 Å². The maximum Gasteiger partial charge on any atom is 0.0597 e. The van der Waals surface area contributed by atoms with E-state index in [9.17, 15) is 0 Å². The summed E-state index contributed by atoms with van der Waals surface area (Å²) in [5, 5.41) is 7.81. The summed E-state index contributed by atoms with van der Waals surface area (Å²) in [6.45, 7) is 2.05. The van der Waals surface area contributed by atoms with Crippen LogP contribution in [0.15, 0.2) is 6.07 Å². The third kappa shape index (κ3) is 1.57. The molecule has 78 valence electrons. The molecule has 0 bridgehead atoms. The van der Waals surface area contributed by atoms with Crippen molar-refractivity contribution >= 4 is 0 Å². The molecule has 2 rings (SSSR count). The minimum atomic E-state index is 0.495. The van der Waals surface area contributed by atoms with Crippen LogP contribution in [-0.2, 0) is 7.05 Å². The van der Waals surface area contributed by atoms with Gasteiger partial charge in [0.1, 0.15) is 0 Å². The Morgan fingerprint density at radius 1 is 1.57 bits per heavy atom. The number of hydrogen-bond donors (Lipinski definition) is 1. The first-order valence-electron chi connectivity index (χ1n) is 5.40. The quantitative estimate of drug-likeness (QED) is 0.793. The van der Waals surface area contributed by atoms with Gasteiger partial charge in [-0.15, -0.1) is 0 Å². The Morgan fingerprint density at radius 3 is 2.64 bits per heavy atom. The third-order valence-corrected chi connectivity index (χ3v) is 3.29. The Morgan fingerprint density at radius 2 is 2.29 bits per heavy atom. The zero-order valence-electron chi connectivity index (χ0n) is 9.25. The molecule has 0 spiro atoms. The summed E-state index contributed by atoms with van der Waals surface area (Å²) in [5.41, 5.74) is 2.44. The molecule has 0 saturated heterocycles. The molecule has 0 aliphatic heterocycles. The van der Waals surface area contributed by atoms with Crippen molar-refractivity contribution in [1.82, 2.24) is 15.1 Å². The van der Waals surface area contributed by atoms with Crippen molar-refractivity contribution in [2.45, 2.75) is 32.2 Å². The van der Waals surface area contributed by atoms with Gasteiger partial charge in [0.2, 0.25) is 0 Å². The van der Waals surface area contributed by atoms with Gasteiger partial charge in [-0.25, -0.2) is 0 Å². The number of nitrogens with one attached hydrogen (secondary N) is 1. The van der Waals surface area contributed by atoms with Crippen molar-refractivity contribution in [1.29, 1.82) is 0 Å². The van der Waals surface area contributed by atoms with E-state index >= 15 is 0 Å². The molecule has 3 heteroatoms. The van der Waals surface area contributed by atoms with Crippen molar-refractivity contribution < 1.29 is 0 Å². The molecule has 0 amide bonds. The number of rotatable bonds is 3. The van der Waals surface area contributed by atoms with Gasteiger partial charge >= 0.3 is 0 Å². The summed E-state index contributed by atoms with van der Waals surface area (Å²) in [6, 6.07) is 2.69. The van der Waals surface area contributed by atoms with E-state index in [1.54, 1.807) is 0 Å². The highest BCUT2D eigenvalue weighted by molar-refractivity contribution is 5.14. The van der Waals surface area contributed by atoms with Gasteiger partial charge in [0.25, 0.3) is 0 Å². The number of aryl methyl sites for hydroxylation is 2. The summed E-state index contributed by atoms with van der Waals surface area (Å²) >= 11 is 0. The molecule has 1 aromatic heterocycles. The first-order valence-corrected chi connectivity index (χ1v) is 5.40. The average molecular weight is 193 g/mol. The SMILES string of the molecule is CNC(c1cc(C)nn1C)C1CCC1. The topological polar surface area (TPSA) is 29.9 Å². The fourth-order valence-corrected chi connectivity index (χ4v) is 2.32. The Hall–Kier alpha value is -0.830. The average Bonchev–Trinajstić information content (AvgIpc) is 2.37. The maximum atomic E-state index is 4.40. The Labute approximate surface area is 85.5 Å². The van der Waals surface area contributed by atoms with Gasteiger partial charge in [-0.3, -0.25) is 4.68 Å². The monoisotopic (exact) mass is 193 g/mol. The lowest BCUT2D eigenvalue weighted by atomic mass is 9.78. The van der Waals surface area contributed by atoms with Crippen LogP contribution in [-0.4, -0.2) is 16.8 Å². The molecular formula is C11H19N3. The van der Waals surface area contributed by atoms with Gasteiger partial charge in [0.05, 0.1) is 17.4 Å². The van der Waals surface area contributed by atoms with Gasteiger partial charge in [0.15, 0.2) is 0 Å². The second kappa shape index (κ2) is 3.73. The molecule has 1 fully saturated rings. The first kappa shape index (κ1) is 9.71. The highest BCUT2D eigenvalue weighted by Crippen LogP contribution is 2.37. The van der Waals surface area contributed by atoms with Gasteiger partial charge in [-0.1, -0.05) is 6.42 Å². The molecule has 1 saturated carbocycles. The lowest BCUT2D eigenvalue weighted by molar-refractivity contribution is 0.232. The van der Waals surface area contributed by atoms with E-state index in [1.807, 2.05) is 18.8 Å². The molecular weight excluding hydrogens is 174 g/mol. The molecule has 14 heavy (non-hydrogen) atoms. The molecule has 1 N–H and O–H groups in total. The van der Waals surface area contributed by atoms with Crippen LogP contribution in [0, 0.1) is 12.8 Å². The molecule has 1 aromatic rings. The van der Waals surface area contributed by atoms with Crippen LogP contribution in [0.3, 0.4) is 0 Å². The maximum absolute atomic E-state index is 4.40. The van der Waals surface area contributed by atoms with E-state index in [0.29, 0.717) is 6.04 Å². The van der Waals surface area contributed by atoms with Crippen LogP contribution in [0.5, 0.6) is 0 Å². The molecule has 0 aromatic carbocycles. The van der Waals surface area contributed by atoms with E-state index in [2.05, 4.69) is 23.4 Å². The lowest BCUT2D eigenvalue weighted by Gasteiger charge is -2.33.